The number of ketones is 1. The summed E-state index contributed by atoms with van der Waals surface area (Å²) in [7, 11) is 0. The van der Waals surface area contributed by atoms with Crippen molar-refractivity contribution in [2.75, 3.05) is 5.32 Å². The van der Waals surface area contributed by atoms with Crippen molar-refractivity contribution in [3.05, 3.63) is 33.7 Å². The molecule has 2 aromatic heterocycles. The Morgan fingerprint density at radius 3 is 2.96 bits per heavy atom. The number of hydrogen-bond acceptors (Lipinski definition) is 5. The molecule has 0 saturated carbocycles. The SMILES string of the molecule is CC(=O)c1cc(CCC(=O)Nc2nc3c(s2)CC(C)CC3)oc1C. The summed E-state index contributed by atoms with van der Waals surface area (Å²) in [6, 6.07) is 1.73. The zero-order chi connectivity index (χ0) is 17.3. The molecule has 5 nitrogen and oxygen atoms in total. The van der Waals surface area contributed by atoms with Gasteiger partial charge in [0.15, 0.2) is 10.9 Å². The normalized spacial score (nSPS) is 16.7. The van der Waals surface area contributed by atoms with Crippen LogP contribution in [0.2, 0.25) is 0 Å². The van der Waals surface area contributed by atoms with Gasteiger partial charge in [0.25, 0.3) is 0 Å². The fraction of sp³-hybridized carbons (Fsp3) is 0.500. The van der Waals surface area contributed by atoms with Gasteiger partial charge in [0.1, 0.15) is 11.5 Å². The van der Waals surface area contributed by atoms with Crippen LogP contribution in [0.1, 0.15) is 59.1 Å². The lowest BCUT2D eigenvalue weighted by molar-refractivity contribution is -0.116. The Morgan fingerprint density at radius 2 is 2.25 bits per heavy atom. The van der Waals surface area contributed by atoms with Crippen LogP contribution in [0.5, 0.6) is 0 Å². The minimum atomic E-state index is -0.0763. The smallest absolute Gasteiger partial charge is 0.226 e. The first-order chi connectivity index (χ1) is 11.4. The highest BCUT2D eigenvalue weighted by molar-refractivity contribution is 7.15. The highest BCUT2D eigenvalue weighted by Crippen LogP contribution is 2.32. The molecule has 1 atom stereocenters. The molecule has 1 aliphatic carbocycles. The molecule has 3 rings (SSSR count). The molecule has 0 aliphatic heterocycles. The maximum absolute atomic E-state index is 12.1. The summed E-state index contributed by atoms with van der Waals surface area (Å²) in [5.41, 5.74) is 1.73. The van der Waals surface area contributed by atoms with Gasteiger partial charge in [-0.2, -0.15) is 0 Å². The van der Waals surface area contributed by atoms with E-state index in [9.17, 15) is 9.59 Å². The van der Waals surface area contributed by atoms with Crippen molar-refractivity contribution in [3.8, 4) is 0 Å². The Labute approximate surface area is 145 Å². The van der Waals surface area contributed by atoms with Gasteiger partial charge >= 0.3 is 0 Å². The van der Waals surface area contributed by atoms with Gasteiger partial charge in [0.2, 0.25) is 5.91 Å². The number of anilines is 1. The molecule has 6 heteroatoms. The van der Waals surface area contributed by atoms with Crippen LogP contribution in [0.25, 0.3) is 0 Å². The predicted octanol–water partition coefficient (Wildman–Crippen LogP) is 3.94. The molecule has 1 N–H and O–H groups in total. The van der Waals surface area contributed by atoms with Gasteiger partial charge in [0, 0.05) is 17.7 Å². The van der Waals surface area contributed by atoms with Gasteiger partial charge in [-0.15, -0.1) is 11.3 Å². The molecule has 1 aliphatic rings. The highest BCUT2D eigenvalue weighted by Gasteiger charge is 2.20. The van der Waals surface area contributed by atoms with E-state index in [2.05, 4.69) is 17.2 Å². The van der Waals surface area contributed by atoms with E-state index < -0.39 is 0 Å². The van der Waals surface area contributed by atoms with Gasteiger partial charge in [-0.3, -0.25) is 9.59 Å². The van der Waals surface area contributed by atoms with E-state index in [1.54, 1.807) is 24.3 Å². The third kappa shape index (κ3) is 3.75. The summed E-state index contributed by atoms with van der Waals surface area (Å²) in [4.78, 5) is 29.4. The number of aryl methyl sites for hydroxylation is 3. The third-order valence-electron chi connectivity index (χ3n) is 4.38. The van der Waals surface area contributed by atoms with Gasteiger partial charge < -0.3 is 9.73 Å². The van der Waals surface area contributed by atoms with Crippen LogP contribution in [0.4, 0.5) is 5.13 Å². The van der Waals surface area contributed by atoms with Crippen LogP contribution < -0.4 is 5.32 Å². The Bertz CT molecular complexity index is 775. The third-order valence-corrected chi connectivity index (χ3v) is 5.41. The van der Waals surface area contributed by atoms with E-state index in [0.717, 1.165) is 18.5 Å². The zero-order valence-corrected chi connectivity index (χ0v) is 15.1. The van der Waals surface area contributed by atoms with E-state index >= 15 is 0 Å². The number of hydrogen-bond donors (Lipinski definition) is 1. The standard InChI is InChI=1S/C18H22N2O3S/c1-10-4-6-15-16(8-10)24-18(19-15)20-17(22)7-5-13-9-14(11(2)21)12(3)23-13/h9-10H,4-8H2,1-3H3,(H,19,20,22). The molecule has 2 aromatic rings. The van der Waals surface area contributed by atoms with E-state index in [4.69, 9.17) is 4.42 Å². The predicted molar refractivity (Wildman–Crippen MR) is 93.7 cm³/mol. The van der Waals surface area contributed by atoms with E-state index in [-0.39, 0.29) is 11.7 Å². The number of nitrogens with one attached hydrogen (secondary N) is 1. The van der Waals surface area contributed by atoms with Crippen LogP contribution in [0, 0.1) is 12.8 Å². The number of thiazole rings is 1. The fourth-order valence-electron chi connectivity index (χ4n) is 3.03. The lowest BCUT2D eigenvalue weighted by Gasteiger charge is -2.15. The number of Topliss-reactive ketones (excluding diaryl/α,β-unsaturated/α-hetero) is 1. The van der Waals surface area contributed by atoms with Crippen LogP contribution in [-0.2, 0) is 24.1 Å². The second-order valence-corrected chi connectivity index (χ2v) is 7.61. The number of nitrogens with zero attached hydrogens (tertiary/aromatic N) is 1. The molecule has 0 radical (unpaired) electrons. The fourth-order valence-corrected chi connectivity index (χ4v) is 4.22. The quantitative estimate of drug-likeness (QED) is 0.832. The maximum atomic E-state index is 12.1. The van der Waals surface area contributed by atoms with E-state index in [0.29, 0.717) is 41.0 Å². The number of carbonyl (C=O) groups excluding carboxylic acids is 2. The summed E-state index contributed by atoms with van der Waals surface area (Å²) < 4.78 is 5.54. The van der Waals surface area contributed by atoms with Gasteiger partial charge in [-0.25, -0.2) is 4.98 Å². The van der Waals surface area contributed by atoms with Gasteiger partial charge in [-0.1, -0.05) is 6.92 Å². The summed E-state index contributed by atoms with van der Waals surface area (Å²) in [6.45, 7) is 5.53. The average Bonchev–Trinajstić information content (AvgIpc) is 3.07. The summed E-state index contributed by atoms with van der Waals surface area (Å²) in [6.07, 6.45) is 4.01. The monoisotopic (exact) mass is 346 g/mol. The van der Waals surface area contributed by atoms with Crippen LogP contribution in [0.3, 0.4) is 0 Å². The van der Waals surface area contributed by atoms with Gasteiger partial charge in [0.05, 0.1) is 11.3 Å². The molecule has 1 amide bonds. The summed E-state index contributed by atoms with van der Waals surface area (Å²) in [5, 5.41) is 3.58. The number of aromatic nitrogens is 1. The van der Waals surface area contributed by atoms with Crippen LogP contribution >= 0.6 is 11.3 Å². The second-order valence-electron chi connectivity index (χ2n) is 6.52. The summed E-state index contributed by atoms with van der Waals surface area (Å²) >= 11 is 1.59. The zero-order valence-electron chi connectivity index (χ0n) is 14.3. The number of rotatable bonds is 5. The second kappa shape index (κ2) is 6.89. The molecule has 1 unspecified atom stereocenters. The first-order valence-electron chi connectivity index (χ1n) is 8.31. The van der Waals surface area contributed by atoms with Gasteiger partial charge in [-0.05, 0) is 45.1 Å². The molecule has 0 spiro atoms. The molecule has 2 heterocycles. The van der Waals surface area contributed by atoms with Crippen molar-refractivity contribution in [1.29, 1.82) is 0 Å². The Morgan fingerprint density at radius 1 is 1.46 bits per heavy atom. The topological polar surface area (TPSA) is 72.2 Å². The molecular weight excluding hydrogens is 324 g/mol. The molecule has 0 aromatic carbocycles. The van der Waals surface area contributed by atoms with E-state index in [1.165, 1.54) is 18.2 Å². The van der Waals surface area contributed by atoms with Crippen molar-refractivity contribution in [2.45, 2.75) is 52.9 Å². The number of carbonyl (C=O) groups is 2. The Hall–Kier alpha value is -1.95. The van der Waals surface area contributed by atoms with Crippen LogP contribution in [0.15, 0.2) is 10.5 Å². The summed E-state index contributed by atoms with van der Waals surface area (Å²) in [5.74, 6) is 1.88. The lowest BCUT2D eigenvalue weighted by atomic mass is 9.93. The van der Waals surface area contributed by atoms with E-state index in [1.807, 2.05) is 0 Å². The highest BCUT2D eigenvalue weighted by atomic mass is 32.1. The Kier molecular flexibility index (Phi) is 4.85. The minimum Gasteiger partial charge on any atom is -0.466 e. The molecule has 128 valence electrons. The van der Waals surface area contributed by atoms with Crippen molar-refractivity contribution in [3.63, 3.8) is 0 Å². The van der Waals surface area contributed by atoms with Crippen LogP contribution in [-0.4, -0.2) is 16.7 Å². The molecular formula is C18H22N2O3S. The molecule has 0 fully saturated rings. The van der Waals surface area contributed by atoms with Crippen molar-refractivity contribution in [1.82, 2.24) is 4.98 Å². The number of fused-ring (bicyclic) bond motifs is 1. The van der Waals surface area contributed by atoms with Crippen molar-refractivity contribution >= 4 is 28.2 Å². The first kappa shape index (κ1) is 16.9. The lowest BCUT2D eigenvalue weighted by Crippen LogP contribution is -2.12. The molecule has 0 saturated heterocycles. The number of amides is 1. The average molecular weight is 346 g/mol. The molecule has 24 heavy (non-hydrogen) atoms. The Balaban J connectivity index is 1.56. The number of furan rings is 1. The maximum Gasteiger partial charge on any atom is 0.226 e. The molecule has 0 bridgehead atoms. The minimum absolute atomic E-state index is 0.0189. The van der Waals surface area contributed by atoms with Crippen molar-refractivity contribution in [2.24, 2.45) is 5.92 Å². The first-order valence-corrected chi connectivity index (χ1v) is 9.12. The largest absolute Gasteiger partial charge is 0.466 e. The van der Waals surface area contributed by atoms with Crippen molar-refractivity contribution < 1.29 is 14.0 Å².